The molecule has 0 aliphatic heterocycles. The fraction of sp³-hybridized carbons (Fsp3) is 1.00. The van der Waals surface area contributed by atoms with Gasteiger partial charge < -0.3 is 15.4 Å². The van der Waals surface area contributed by atoms with Crippen LogP contribution >= 0.6 is 12.6 Å². The van der Waals surface area contributed by atoms with Crippen LogP contribution in [-0.2, 0) is 4.74 Å². The summed E-state index contributed by atoms with van der Waals surface area (Å²) in [6, 6.07) is 0. The third-order valence-corrected chi connectivity index (χ3v) is 1.79. The Bertz CT molecular complexity index is 93.1. The van der Waals surface area contributed by atoms with Crippen LogP contribution in [0.2, 0.25) is 0 Å². The molecule has 4 heteroatoms. The van der Waals surface area contributed by atoms with Crippen molar-refractivity contribution in [3.05, 3.63) is 0 Å². The van der Waals surface area contributed by atoms with E-state index in [0.717, 1.165) is 38.5 Å². The monoisotopic (exact) mass is 192 g/mol. The second-order valence-corrected chi connectivity index (χ2v) is 3.23. The van der Waals surface area contributed by atoms with Crippen molar-refractivity contribution < 1.29 is 4.74 Å². The lowest BCUT2D eigenvalue weighted by molar-refractivity contribution is 0.112. The Labute approximate surface area is 80.7 Å². The van der Waals surface area contributed by atoms with Gasteiger partial charge in [0.2, 0.25) is 0 Å². The summed E-state index contributed by atoms with van der Waals surface area (Å²) in [5.74, 6) is 0.902. The minimum Gasteiger partial charge on any atom is -0.380 e. The first kappa shape index (κ1) is 12.2. The molecule has 0 radical (unpaired) electrons. The number of hydrogen-bond acceptors (Lipinski definition) is 4. The van der Waals surface area contributed by atoms with Gasteiger partial charge in [-0.25, -0.2) is 0 Å². The highest BCUT2D eigenvalue weighted by molar-refractivity contribution is 7.80. The molecule has 0 heterocycles. The number of likely N-dealkylation sites (N-methyl/N-ethyl adjacent to an activating group) is 1. The van der Waals surface area contributed by atoms with Gasteiger partial charge in [0, 0.05) is 25.4 Å². The minimum absolute atomic E-state index is 0.715. The van der Waals surface area contributed by atoms with Gasteiger partial charge in [0.1, 0.15) is 0 Å². The number of thiol groups is 1. The quantitative estimate of drug-likeness (QED) is 0.427. The van der Waals surface area contributed by atoms with Crippen LogP contribution in [0.5, 0.6) is 0 Å². The molecule has 0 aliphatic carbocycles. The fourth-order valence-electron chi connectivity index (χ4n) is 0.790. The average Bonchev–Trinajstić information content (AvgIpc) is 2.05. The van der Waals surface area contributed by atoms with E-state index >= 15 is 0 Å². The molecule has 2 N–H and O–H groups in total. The van der Waals surface area contributed by atoms with Crippen LogP contribution in [0.3, 0.4) is 0 Å². The molecule has 0 aromatic carbocycles. The van der Waals surface area contributed by atoms with E-state index in [0.29, 0.717) is 6.54 Å². The first-order valence-electron chi connectivity index (χ1n) is 4.38. The van der Waals surface area contributed by atoms with E-state index in [1.807, 2.05) is 0 Å². The highest BCUT2D eigenvalue weighted by Gasteiger charge is 1.95. The Morgan fingerprint density at radius 3 is 2.67 bits per heavy atom. The summed E-state index contributed by atoms with van der Waals surface area (Å²) in [6.07, 6.45) is 0.955. The zero-order valence-electron chi connectivity index (χ0n) is 7.83. The number of nitrogens with two attached hydrogens (primary N) is 1. The number of hydrogen-bond donors (Lipinski definition) is 2. The summed E-state index contributed by atoms with van der Waals surface area (Å²) in [5.41, 5.74) is 5.32. The van der Waals surface area contributed by atoms with Crippen LogP contribution in [0.25, 0.3) is 0 Å². The summed E-state index contributed by atoms with van der Waals surface area (Å²) in [7, 11) is 2.07. The topological polar surface area (TPSA) is 38.5 Å². The summed E-state index contributed by atoms with van der Waals surface area (Å²) in [6.45, 7) is 4.29. The number of nitrogens with zero attached hydrogens (tertiary/aromatic N) is 1. The van der Waals surface area contributed by atoms with Crippen molar-refractivity contribution in [1.29, 1.82) is 0 Å². The molecule has 0 saturated carbocycles. The van der Waals surface area contributed by atoms with Gasteiger partial charge in [-0.3, -0.25) is 0 Å². The maximum Gasteiger partial charge on any atom is 0.0593 e. The molecule has 0 saturated heterocycles. The minimum atomic E-state index is 0.715. The third-order valence-electron chi connectivity index (χ3n) is 1.59. The van der Waals surface area contributed by atoms with Crippen molar-refractivity contribution in [1.82, 2.24) is 4.90 Å². The van der Waals surface area contributed by atoms with Gasteiger partial charge in [-0.05, 0) is 20.0 Å². The lowest BCUT2D eigenvalue weighted by Crippen LogP contribution is -2.25. The van der Waals surface area contributed by atoms with Crippen LogP contribution in [-0.4, -0.2) is 50.5 Å². The summed E-state index contributed by atoms with van der Waals surface area (Å²) in [5, 5.41) is 0. The van der Waals surface area contributed by atoms with E-state index in [4.69, 9.17) is 10.5 Å². The predicted octanol–water partition coefficient (Wildman–Crippen LogP) is 0.213. The zero-order chi connectivity index (χ0) is 9.23. The van der Waals surface area contributed by atoms with Gasteiger partial charge >= 0.3 is 0 Å². The molecule has 0 spiro atoms. The van der Waals surface area contributed by atoms with Gasteiger partial charge in [0.25, 0.3) is 0 Å². The molecule has 0 aromatic heterocycles. The largest absolute Gasteiger partial charge is 0.380 e. The molecule has 3 nitrogen and oxygen atoms in total. The van der Waals surface area contributed by atoms with E-state index in [2.05, 4.69) is 24.6 Å². The smallest absolute Gasteiger partial charge is 0.0593 e. The molecular formula is C8H20N2OS. The third kappa shape index (κ3) is 8.33. The Morgan fingerprint density at radius 1 is 1.33 bits per heavy atom. The van der Waals surface area contributed by atoms with E-state index in [9.17, 15) is 0 Å². The van der Waals surface area contributed by atoms with Crippen molar-refractivity contribution in [3.8, 4) is 0 Å². The summed E-state index contributed by atoms with van der Waals surface area (Å²) < 4.78 is 5.34. The molecule has 0 atom stereocenters. The van der Waals surface area contributed by atoms with Gasteiger partial charge in [0.05, 0.1) is 6.61 Å². The summed E-state index contributed by atoms with van der Waals surface area (Å²) >= 11 is 4.14. The van der Waals surface area contributed by atoms with Crippen LogP contribution in [0.4, 0.5) is 0 Å². The molecule has 0 aliphatic rings. The maximum absolute atomic E-state index is 5.34. The van der Waals surface area contributed by atoms with Gasteiger partial charge in [-0.15, -0.1) is 0 Å². The van der Waals surface area contributed by atoms with Gasteiger partial charge in [-0.2, -0.15) is 12.6 Å². The van der Waals surface area contributed by atoms with Gasteiger partial charge in [0.15, 0.2) is 0 Å². The van der Waals surface area contributed by atoms with Crippen molar-refractivity contribution in [2.75, 3.05) is 45.6 Å². The molecule has 0 bridgehead atoms. The first-order chi connectivity index (χ1) is 5.81. The van der Waals surface area contributed by atoms with Crippen LogP contribution in [0.15, 0.2) is 0 Å². The van der Waals surface area contributed by atoms with E-state index in [1.54, 1.807) is 0 Å². The number of ether oxygens (including phenoxy) is 1. The van der Waals surface area contributed by atoms with Crippen molar-refractivity contribution in [2.45, 2.75) is 6.42 Å². The molecule has 0 aromatic rings. The van der Waals surface area contributed by atoms with E-state index in [-0.39, 0.29) is 0 Å². The molecule has 0 fully saturated rings. The van der Waals surface area contributed by atoms with Crippen LogP contribution < -0.4 is 5.73 Å². The Morgan fingerprint density at radius 2 is 2.08 bits per heavy atom. The predicted molar refractivity (Wildman–Crippen MR) is 55.8 cm³/mol. The lowest BCUT2D eigenvalue weighted by atomic mass is 10.5. The second kappa shape index (κ2) is 9.32. The first-order valence-corrected chi connectivity index (χ1v) is 5.01. The normalized spacial score (nSPS) is 11.0. The standard InChI is InChI=1S/C8H20N2OS/c1-10(5-8-12)4-7-11-6-2-3-9/h12H,2-9H2,1H3. The highest BCUT2D eigenvalue weighted by Crippen LogP contribution is 1.86. The molecule has 12 heavy (non-hydrogen) atoms. The van der Waals surface area contributed by atoms with Crippen molar-refractivity contribution in [3.63, 3.8) is 0 Å². The molecule has 0 rings (SSSR count). The summed E-state index contributed by atoms with van der Waals surface area (Å²) in [4.78, 5) is 2.20. The Hall–Kier alpha value is 0.230. The average molecular weight is 192 g/mol. The molecule has 0 unspecified atom stereocenters. The van der Waals surface area contributed by atoms with Gasteiger partial charge in [-0.1, -0.05) is 0 Å². The highest BCUT2D eigenvalue weighted by atomic mass is 32.1. The lowest BCUT2D eigenvalue weighted by Gasteiger charge is -2.14. The molecular weight excluding hydrogens is 172 g/mol. The van der Waals surface area contributed by atoms with Crippen molar-refractivity contribution in [2.24, 2.45) is 5.73 Å². The second-order valence-electron chi connectivity index (χ2n) is 2.78. The Kier molecular flexibility index (Phi) is 9.50. The molecule has 74 valence electrons. The fourth-order valence-corrected chi connectivity index (χ4v) is 1.13. The van der Waals surface area contributed by atoms with Crippen LogP contribution in [0.1, 0.15) is 6.42 Å². The van der Waals surface area contributed by atoms with Crippen molar-refractivity contribution >= 4 is 12.6 Å². The number of rotatable bonds is 8. The van der Waals surface area contributed by atoms with Crippen LogP contribution in [0, 0.1) is 0 Å². The zero-order valence-corrected chi connectivity index (χ0v) is 8.72. The SMILES string of the molecule is CN(CCS)CCOCCCN. The maximum atomic E-state index is 5.34. The Balaban J connectivity index is 2.97. The van der Waals surface area contributed by atoms with E-state index < -0.39 is 0 Å². The molecule has 0 amide bonds. The van der Waals surface area contributed by atoms with E-state index in [1.165, 1.54) is 0 Å².